The van der Waals surface area contributed by atoms with Gasteiger partial charge in [0.1, 0.15) is 0 Å². The lowest BCUT2D eigenvalue weighted by atomic mass is 9.87. The van der Waals surface area contributed by atoms with Crippen LogP contribution >= 0.6 is 0 Å². The molecule has 0 aliphatic carbocycles. The van der Waals surface area contributed by atoms with E-state index in [9.17, 15) is 18.0 Å². The van der Waals surface area contributed by atoms with Crippen molar-refractivity contribution in [3.8, 4) is 0 Å². The highest BCUT2D eigenvalue weighted by Gasteiger charge is 2.44. The Bertz CT molecular complexity index is 510. The first-order valence-electron chi connectivity index (χ1n) is 6.67. The van der Waals surface area contributed by atoms with Crippen LogP contribution in [0.3, 0.4) is 0 Å². The highest BCUT2D eigenvalue weighted by atomic mass is 32.2. The summed E-state index contributed by atoms with van der Waals surface area (Å²) < 4.78 is 23.3. The summed E-state index contributed by atoms with van der Waals surface area (Å²) in [5.41, 5.74) is -0.558. The fourth-order valence-corrected chi connectivity index (χ4v) is 4.40. The maximum Gasteiger partial charge on any atom is 0.305 e. The number of sulfone groups is 1. The Morgan fingerprint density at radius 3 is 2.70 bits per heavy atom. The third kappa shape index (κ3) is 3.12. The number of carbonyl (C=O) groups excluding carboxylic acids is 1. The molecule has 114 valence electrons. The van der Waals surface area contributed by atoms with E-state index in [2.05, 4.69) is 5.32 Å². The third-order valence-electron chi connectivity index (χ3n) is 4.09. The van der Waals surface area contributed by atoms with Gasteiger partial charge in [-0.25, -0.2) is 8.42 Å². The van der Waals surface area contributed by atoms with E-state index in [0.717, 1.165) is 6.54 Å². The molecule has 0 spiro atoms. The lowest BCUT2D eigenvalue weighted by Gasteiger charge is -2.39. The van der Waals surface area contributed by atoms with Crippen molar-refractivity contribution in [1.29, 1.82) is 0 Å². The first kappa shape index (κ1) is 15.2. The summed E-state index contributed by atoms with van der Waals surface area (Å²) in [7, 11) is -3.26. The number of aliphatic carboxylic acids is 1. The standard InChI is InChI=1S/C12H20N2O5S/c1-12(2-3-13-8-12)11(17)14-4-5-20(18,19)7-9(14)6-10(15)16/h9,13H,2-8H2,1H3,(H,15,16). The molecule has 0 radical (unpaired) electrons. The van der Waals surface area contributed by atoms with E-state index in [1.54, 1.807) is 0 Å². The Balaban J connectivity index is 2.19. The van der Waals surface area contributed by atoms with Crippen LogP contribution < -0.4 is 5.32 Å². The van der Waals surface area contributed by atoms with Gasteiger partial charge in [0.05, 0.1) is 29.4 Å². The van der Waals surface area contributed by atoms with E-state index >= 15 is 0 Å². The number of carboxylic acids is 1. The molecule has 2 N–H and O–H groups in total. The minimum atomic E-state index is -3.26. The van der Waals surface area contributed by atoms with Crippen LogP contribution in [0.2, 0.25) is 0 Å². The Labute approximate surface area is 118 Å². The van der Waals surface area contributed by atoms with E-state index in [0.29, 0.717) is 13.0 Å². The first-order valence-corrected chi connectivity index (χ1v) is 8.50. The Hall–Kier alpha value is -1.15. The number of carbonyl (C=O) groups is 2. The van der Waals surface area contributed by atoms with Gasteiger partial charge in [-0.15, -0.1) is 0 Å². The van der Waals surface area contributed by atoms with Gasteiger partial charge in [-0.3, -0.25) is 9.59 Å². The molecule has 8 heteroatoms. The summed E-state index contributed by atoms with van der Waals surface area (Å²) in [5.74, 6) is -1.56. The third-order valence-corrected chi connectivity index (χ3v) is 5.78. The molecule has 2 saturated heterocycles. The number of nitrogens with one attached hydrogen (secondary N) is 1. The molecule has 2 rings (SSSR count). The van der Waals surface area contributed by atoms with Gasteiger partial charge in [0.2, 0.25) is 5.91 Å². The van der Waals surface area contributed by atoms with Crippen molar-refractivity contribution in [1.82, 2.24) is 10.2 Å². The Morgan fingerprint density at radius 1 is 1.45 bits per heavy atom. The first-order chi connectivity index (χ1) is 9.23. The van der Waals surface area contributed by atoms with Crippen molar-refractivity contribution in [2.24, 2.45) is 5.41 Å². The largest absolute Gasteiger partial charge is 0.481 e. The van der Waals surface area contributed by atoms with E-state index in [-0.39, 0.29) is 30.4 Å². The van der Waals surface area contributed by atoms with E-state index in [4.69, 9.17) is 5.11 Å². The predicted molar refractivity (Wildman–Crippen MR) is 72.0 cm³/mol. The van der Waals surface area contributed by atoms with Crippen LogP contribution in [0.5, 0.6) is 0 Å². The zero-order chi connectivity index (χ0) is 15.0. The van der Waals surface area contributed by atoms with Crippen molar-refractivity contribution in [3.05, 3.63) is 0 Å². The van der Waals surface area contributed by atoms with Gasteiger partial charge in [0, 0.05) is 13.1 Å². The number of hydrogen-bond donors (Lipinski definition) is 2. The molecule has 0 aromatic carbocycles. The van der Waals surface area contributed by atoms with Crippen molar-refractivity contribution >= 4 is 21.7 Å². The van der Waals surface area contributed by atoms with Gasteiger partial charge >= 0.3 is 5.97 Å². The number of rotatable bonds is 3. The molecule has 0 bridgehead atoms. The van der Waals surface area contributed by atoms with Crippen molar-refractivity contribution in [3.63, 3.8) is 0 Å². The number of amides is 1. The average molecular weight is 304 g/mol. The fourth-order valence-electron chi connectivity index (χ4n) is 2.87. The molecule has 2 aliphatic heterocycles. The SMILES string of the molecule is CC1(C(=O)N2CCS(=O)(=O)CC2CC(=O)O)CCNC1. The Kier molecular flexibility index (Phi) is 4.06. The van der Waals surface area contributed by atoms with Crippen LogP contribution in [0, 0.1) is 5.41 Å². The average Bonchev–Trinajstić information content (AvgIpc) is 2.75. The molecule has 0 saturated carbocycles. The lowest BCUT2D eigenvalue weighted by Crippen LogP contribution is -2.56. The fraction of sp³-hybridized carbons (Fsp3) is 0.833. The summed E-state index contributed by atoms with van der Waals surface area (Å²) in [4.78, 5) is 25.0. The summed E-state index contributed by atoms with van der Waals surface area (Å²) in [6.45, 7) is 3.23. The van der Waals surface area contributed by atoms with Crippen molar-refractivity contribution < 1.29 is 23.1 Å². The molecule has 2 atom stereocenters. The monoisotopic (exact) mass is 304 g/mol. The molecule has 2 aliphatic rings. The molecule has 2 fully saturated rings. The zero-order valence-corrected chi connectivity index (χ0v) is 12.3. The second-order valence-electron chi connectivity index (χ2n) is 5.85. The Morgan fingerprint density at radius 2 is 2.15 bits per heavy atom. The lowest BCUT2D eigenvalue weighted by molar-refractivity contribution is -0.145. The summed E-state index contributed by atoms with van der Waals surface area (Å²) in [6, 6.07) is -0.754. The van der Waals surface area contributed by atoms with Crippen LogP contribution in [-0.2, 0) is 19.4 Å². The van der Waals surface area contributed by atoms with Crippen LogP contribution in [0.4, 0.5) is 0 Å². The normalized spacial score (nSPS) is 33.0. The molecule has 7 nitrogen and oxygen atoms in total. The molecule has 0 aromatic rings. The highest BCUT2D eigenvalue weighted by molar-refractivity contribution is 7.91. The summed E-state index contributed by atoms with van der Waals surface area (Å²) >= 11 is 0. The van der Waals surface area contributed by atoms with Gasteiger partial charge in [0.15, 0.2) is 9.84 Å². The summed E-state index contributed by atoms with van der Waals surface area (Å²) in [6.07, 6.45) is 0.364. The van der Waals surface area contributed by atoms with Gasteiger partial charge in [-0.1, -0.05) is 0 Å². The molecule has 2 heterocycles. The number of nitrogens with zero attached hydrogens (tertiary/aromatic N) is 1. The van der Waals surface area contributed by atoms with E-state index in [1.165, 1.54) is 4.90 Å². The topological polar surface area (TPSA) is 104 Å². The molecule has 0 aromatic heterocycles. The van der Waals surface area contributed by atoms with Crippen molar-refractivity contribution in [2.75, 3.05) is 31.1 Å². The maximum absolute atomic E-state index is 12.6. The molecule has 20 heavy (non-hydrogen) atoms. The van der Waals surface area contributed by atoms with Crippen molar-refractivity contribution in [2.45, 2.75) is 25.8 Å². The van der Waals surface area contributed by atoms with E-state index in [1.807, 2.05) is 6.92 Å². The van der Waals surface area contributed by atoms with E-state index < -0.39 is 27.3 Å². The minimum Gasteiger partial charge on any atom is -0.481 e. The molecular formula is C12H20N2O5S. The van der Waals surface area contributed by atoms with Crippen LogP contribution in [0.1, 0.15) is 19.8 Å². The number of carboxylic acid groups (broad SMARTS) is 1. The second kappa shape index (κ2) is 5.33. The van der Waals surface area contributed by atoms with Gasteiger partial charge in [-0.05, 0) is 19.9 Å². The predicted octanol–water partition coefficient (Wildman–Crippen LogP) is -0.914. The number of hydrogen-bond acceptors (Lipinski definition) is 5. The quantitative estimate of drug-likeness (QED) is 0.699. The molecule has 1 amide bonds. The van der Waals surface area contributed by atoms with Crippen LogP contribution in [0.25, 0.3) is 0 Å². The maximum atomic E-state index is 12.6. The zero-order valence-electron chi connectivity index (χ0n) is 11.5. The van der Waals surface area contributed by atoms with Crippen LogP contribution in [0.15, 0.2) is 0 Å². The second-order valence-corrected chi connectivity index (χ2v) is 8.08. The van der Waals surface area contributed by atoms with Crippen LogP contribution in [-0.4, -0.2) is 67.5 Å². The van der Waals surface area contributed by atoms with Gasteiger partial charge < -0.3 is 15.3 Å². The minimum absolute atomic E-state index is 0.0850. The molecule has 2 unspecified atom stereocenters. The van der Waals surface area contributed by atoms with Gasteiger partial charge in [0.25, 0.3) is 0 Å². The smallest absolute Gasteiger partial charge is 0.305 e. The molecular weight excluding hydrogens is 284 g/mol. The van der Waals surface area contributed by atoms with Gasteiger partial charge in [-0.2, -0.15) is 0 Å². The summed E-state index contributed by atoms with van der Waals surface area (Å²) in [5, 5.41) is 12.0. The highest BCUT2D eigenvalue weighted by Crippen LogP contribution is 2.30.